The number of rotatable bonds is 2. The molecule has 4 heteroatoms. The fraction of sp³-hybridized carbons (Fsp3) is 0.455. The molecule has 0 aliphatic heterocycles. The van der Waals surface area contributed by atoms with E-state index in [-0.39, 0.29) is 0 Å². The molecule has 80 valence electrons. The van der Waals surface area contributed by atoms with Gasteiger partial charge in [0, 0.05) is 5.56 Å². The maximum Gasteiger partial charge on any atom is 0.222 e. The van der Waals surface area contributed by atoms with Gasteiger partial charge in [-0.2, -0.15) is 4.98 Å². The number of hydrogen-bond acceptors (Lipinski definition) is 3. The van der Waals surface area contributed by atoms with E-state index in [0.29, 0.717) is 22.4 Å². The fourth-order valence-corrected chi connectivity index (χ4v) is 1.14. The molecule has 0 saturated carbocycles. The minimum atomic E-state index is -0.700. The van der Waals surface area contributed by atoms with Gasteiger partial charge >= 0.3 is 0 Å². The van der Waals surface area contributed by atoms with Crippen LogP contribution in [0.25, 0.3) is 0 Å². The third kappa shape index (κ3) is 2.84. The van der Waals surface area contributed by atoms with Gasteiger partial charge in [0.2, 0.25) is 5.88 Å². The van der Waals surface area contributed by atoms with Crippen molar-refractivity contribution in [2.75, 3.05) is 0 Å². The molecule has 1 rings (SSSR count). The Morgan fingerprint density at radius 1 is 1.33 bits per heavy atom. The lowest BCUT2D eigenvalue weighted by Gasteiger charge is -2.20. The molecule has 1 aromatic heterocycles. The van der Waals surface area contributed by atoms with Crippen LogP contribution in [0, 0.1) is 26.2 Å². The van der Waals surface area contributed by atoms with E-state index >= 15 is 0 Å². The van der Waals surface area contributed by atoms with Crippen molar-refractivity contribution in [1.29, 1.82) is 0 Å². The maximum atomic E-state index is 5.91. The van der Waals surface area contributed by atoms with Gasteiger partial charge in [0.15, 0.2) is 5.60 Å². The maximum absolute atomic E-state index is 5.91. The molecule has 0 N–H and O–H groups in total. The highest BCUT2D eigenvalue weighted by Gasteiger charge is 2.19. The first-order valence-corrected chi connectivity index (χ1v) is 4.91. The minimum absolute atomic E-state index is 0.394. The van der Waals surface area contributed by atoms with Gasteiger partial charge in [-0.1, -0.05) is 17.5 Å². The highest BCUT2D eigenvalue weighted by atomic mass is 35.5. The topological polar surface area (TPSA) is 35.0 Å². The normalized spacial score (nSPS) is 10.9. The summed E-state index contributed by atoms with van der Waals surface area (Å²) in [4.78, 5) is 8.17. The summed E-state index contributed by atoms with van der Waals surface area (Å²) in [5.74, 6) is 3.53. The van der Waals surface area contributed by atoms with Crippen molar-refractivity contribution in [2.24, 2.45) is 0 Å². The first-order chi connectivity index (χ1) is 6.85. The summed E-state index contributed by atoms with van der Waals surface area (Å²) in [5, 5.41) is 0.394. The van der Waals surface area contributed by atoms with Gasteiger partial charge in [-0.15, -0.1) is 6.42 Å². The Morgan fingerprint density at radius 3 is 2.47 bits per heavy atom. The van der Waals surface area contributed by atoms with Crippen molar-refractivity contribution in [2.45, 2.75) is 33.3 Å². The van der Waals surface area contributed by atoms with Crippen molar-refractivity contribution < 1.29 is 4.74 Å². The molecule has 0 spiro atoms. The predicted octanol–water partition coefficient (Wildman–Crippen LogP) is 2.54. The number of nitrogens with zero attached hydrogens (tertiary/aromatic N) is 2. The SMILES string of the molecule is C#CC(C)(C)Oc1nc(C)nc(Cl)c1C. The van der Waals surface area contributed by atoms with E-state index in [1.54, 1.807) is 27.7 Å². The second-order valence-electron chi connectivity index (χ2n) is 3.75. The number of terminal acetylenes is 1. The highest BCUT2D eigenvalue weighted by molar-refractivity contribution is 6.30. The Hall–Kier alpha value is -1.27. The van der Waals surface area contributed by atoms with Crippen LogP contribution in [0.2, 0.25) is 5.15 Å². The fourth-order valence-electron chi connectivity index (χ4n) is 0.940. The van der Waals surface area contributed by atoms with Gasteiger partial charge in [-0.25, -0.2) is 4.98 Å². The second kappa shape index (κ2) is 4.08. The molecule has 1 aromatic rings. The molecule has 0 fully saturated rings. The van der Waals surface area contributed by atoms with Gasteiger partial charge in [-0.3, -0.25) is 0 Å². The largest absolute Gasteiger partial charge is 0.458 e. The predicted molar refractivity (Wildman–Crippen MR) is 60.1 cm³/mol. The van der Waals surface area contributed by atoms with Gasteiger partial charge in [0.05, 0.1) is 0 Å². The Kier molecular flexibility index (Phi) is 3.21. The van der Waals surface area contributed by atoms with Crippen molar-refractivity contribution in [1.82, 2.24) is 9.97 Å². The number of ether oxygens (including phenoxy) is 1. The zero-order chi connectivity index (χ0) is 11.6. The van der Waals surface area contributed by atoms with E-state index < -0.39 is 5.60 Å². The average Bonchev–Trinajstić information content (AvgIpc) is 2.13. The van der Waals surface area contributed by atoms with E-state index in [1.165, 1.54) is 0 Å². The summed E-state index contributed by atoms with van der Waals surface area (Å²) in [5.41, 5.74) is 0.000100. The molecule has 0 saturated heterocycles. The lowest BCUT2D eigenvalue weighted by atomic mass is 10.1. The van der Waals surface area contributed by atoms with E-state index in [9.17, 15) is 0 Å². The van der Waals surface area contributed by atoms with Crippen LogP contribution in [0.4, 0.5) is 0 Å². The standard InChI is InChI=1S/C11H13ClN2O/c1-6-11(4,5)15-10-7(2)9(12)13-8(3)14-10/h1H,2-5H3. The Morgan fingerprint density at radius 2 is 1.93 bits per heavy atom. The molecule has 0 aliphatic carbocycles. The van der Waals surface area contributed by atoms with Gasteiger partial charge < -0.3 is 4.74 Å². The van der Waals surface area contributed by atoms with E-state index in [1.807, 2.05) is 0 Å². The van der Waals surface area contributed by atoms with Crippen LogP contribution in [-0.2, 0) is 0 Å². The van der Waals surface area contributed by atoms with Crippen LogP contribution in [0.15, 0.2) is 0 Å². The van der Waals surface area contributed by atoms with Crippen LogP contribution in [0.1, 0.15) is 25.2 Å². The monoisotopic (exact) mass is 224 g/mol. The summed E-state index contributed by atoms with van der Waals surface area (Å²) in [6.45, 7) is 7.13. The molecular weight excluding hydrogens is 212 g/mol. The molecule has 0 unspecified atom stereocenters. The Bertz CT molecular complexity index is 421. The highest BCUT2D eigenvalue weighted by Crippen LogP contribution is 2.24. The summed E-state index contributed by atoms with van der Waals surface area (Å²) < 4.78 is 5.57. The summed E-state index contributed by atoms with van der Waals surface area (Å²) >= 11 is 5.91. The third-order valence-electron chi connectivity index (χ3n) is 1.85. The van der Waals surface area contributed by atoms with Crippen LogP contribution < -0.4 is 4.74 Å². The second-order valence-corrected chi connectivity index (χ2v) is 4.11. The molecule has 0 bridgehead atoms. The zero-order valence-corrected chi connectivity index (χ0v) is 10.0. The van der Waals surface area contributed by atoms with E-state index in [4.69, 9.17) is 22.8 Å². The van der Waals surface area contributed by atoms with Gasteiger partial charge in [0.25, 0.3) is 0 Å². The molecule has 3 nitrogen and oxygen atoms in total. The van der Waals surface area contributed by atoms with Crippen LogP contribution in [0.3, 0.4) is 0 Å². The molecule has 0 aromatic carbocycles. The molecule has 0 aliphatic rings. The minimum Gasteiger partial charge on any atom is -0.458 e. The summed E-state index contributed by atoms with van der Waals surface area (Å²) in [7, 11) is 0. The molecule has 15 heavy (non-hydrogen) atoms. The zero-order valence-electron chi connectivity index (χ0n) is 9.26. The molecule has 1 heterocycles. The van der Waals surface area contributed by atoms with Crippen LogP contribution in [-0.4, -0.2) is 15.6 Å². The Balaban J connectivity index is 3.11. The number of aryl methyl sites for hydroxylation is 1. The molecular formula is C11H13ClN2O. The quantitative estimate of drug-likeness (QED) is 0.572. The molecule has 0 atom stereocenters. The van der Waals surface area contributed by atoms with Gasteiger partial charge in [0.1, 0.15) is 11.0 Å². The molecule has 0 radical (unpaired) electrons. The van der Waals surface area contributed by atoms with Crippen LogP contribution >= 0.6 is 11.6 Å². The average molecular weight is 225 g/mol. The smallest absolute Gasteiger partial charge is 0.222 e. The lowest BCUT2D eigenvalue weighted by molar-refractivity contribution is 0.162. The summed E-state index contributed by atoms with van der Waals surface area (Å²) in [6, 6.07) is 0. The number of halogens is 1. The van der Waals surface area contributed by atoms with E-state index in [0.717, 1.165) is 0 Å². The molecule has 0 amide bonds. The first kappa shape index (κ1) is 11.8. The number of hydrogen-bond donors (Lipinski definition) is 0. The van der Waals surface area contributed by atoms with Crippen molar-refractivity contribution in [3.8, 4) is 18.2 Å². The van der Waals surface area contributed by atoms with Crippen molar-refractivity contribution in [3.63, 3.8) is 0 Å². The lowest BCUT2D eigenvalue weighted by Crippen LogP contribution is -2.26. The van der Waals surface area contributed by atoms with Crippen molar-refractivity contribution >= 4 is 11.6 Å². The first-order valence-electron chi connectivity index (χ1n) is 4.53. The van der Waals surface area contributed by atoms with E-state index in [2.05, 4.69) is 15.9 Å². The van der Waals surface area contributed by atoms with Gasteiger partial charge in [-0.05, 0) is 27.7 Å². The number of aromatic nitrogens is 2. The van der Waals surface area contributed by atoms with Crippen molar-refractivity contribution in [3.05, 3.63) is 16.5 Å². The van der Waals surface area contributed by atoms with Crippen LogP contribution in [0.5, 0.6) is 5.88 Å². The summed E-state index contributed by atoms with van der Waals surface area (Å²) in [6.07, 6.45) is 5.33. The third-order valence-corrected chi connectivity index (χ3v) is 2.22. The Labute approximate surface area is 94.8 Å².